The van der Waals surface area contributed by atoms with Crippen molar-refractivity contribution >= 4 is 16.9 Å². The molecule has 0 unspecified atom stereocenters. The van der Waals surface area contributed by atoms with Gasteiger partial charge in [0.2, 0.25) is 0 Å². The van der Waals surface area contributed by atoms with E-state index < -0.39 is 0 Å². The quantitative estimate of drug-likeness (QED) is 0.759. The van der Waals surface area contributed by atoms with E-state index in [9.17, 15) is 0 Å². The number of ether oxygens (including phenoxy) is 1. The first-order chi connectivity index (χ1) is 9.20. The average molecular weight is 284 g/mol. The Labute approximate surface area is 122 Å². The van der Waals surface area contributed by atoms with Crippen LogP contribution in [0.3, 0.4) is 0 Å². The largest absolute Gasteiger partial charge is 0.379 e. The highest BCUT2D eigenvalue weighted by molar-refractivity contribution is 8.13. The fourth-order valence-corrected chi connectivity index (χ4v) is 4.01. The summed E-state index contributed by atoms with van der Waals surface area (Å²) in [7, 11) is 0. The van der Waals surface area contributed by atoms with Gasteiger partial charge in [-0.3, -0.25) is 4.99 Å². The second-order valence-corrected chi connectivity index (χ2v) is 7.13. The molecule has 2 rings (SSSR count). The van der Waals surface area contributed by atoms with E-state index >= 15 is 0 Å². The standard InChI is InChI=1S/C15H28N2OS/c1-13(2)18-10-6-5-9-16-14-17-11-15(12-19-14)7-3-4-8-15/h13H,3-12H2,1-2H3,(H,16,17). The Morgan fingerprint density at radius 1 is 1.32 bits per heavy atom. The number of rotatable bonds is 6. The van der Waals surface area contributed by atoms with Crippen molar-refractivity contribution in [3.63, 3.8) is 0 Å². The molecular formula is C15H28N2OS. The fraction of sp³-hybridized carbons (Fsp3) is 0.933. The molecule has 0 aromatic rings. The van der Waals surface area contributed by atoms with Crippen LogP contribution < -0.4 is 5.32 Å². The second-order valence-electron chi connectivity index (χ2n) is 6.17. The number of nitrogens with one attached hydrogen (secondary N) is 1. The predicted octanol–water partition coefficient (Wildman–Crippen LogP) is 3.44. The zero-order valence-electron chi connectivity index (χ0n) is 12.4. The van der Waals surface area contributed by atoms with Crippen molar-refractivity contribution < 1.29 is 4.74 Å². The summed E-state index contributed by atoms with van der Waals surface area (Å²) in [5.74, 6) is 1.27. The lowest BCUT2D eigenvalue weighted by Gasteiger charge is -2.31. The fourth-order valence-electron chi connectivity index (χ4n) is 2.83. The molecule has 110 valence electrons. The molecule has 2 aliphatic rings. The van der Waals surface area contributed by atoms with Gasteiger partial charge in [-0.05, 0) is 44.9 Å². The summed E-state index contributed by atoms with van der Waals surface area (Å²) in [6.07, 6.45) is 8.26. The first kappa shape index (κ1) is 15.2. The summed E-state index contributed by atoms with van der Waals surface area (Å²) < 4.78 is 5.53. The number of amidine groups is 1. The monoisotopic (exact) mass is 284 g/mol. The Morgan fingerprint density at radius 3 is 2.74 bits per heavy atom. The highest BCUT2D eigenvalue weighted by Gasteiger charge is 2.36. The van der Waals surface area contributed by atoms with Gasteiger partial charge in [-0.1, -0.05) is 24.6 Å². The van der Waals surface area contributed by atoms with Gasteiger partial charge in [-0.25, -0.2) is 0 Å². The SMILES string of the molecule is CC(C)OCCCCNC1=NCC2(CCCC2)CS1. The third kappa shape index (κ3) is 4.99. The Hall–Kier alpha value is -0.220. The van der Waals surface area contributed by atoms with Crippen molar-refractivity contribution in [3.05, 3.63) is 0 Å². The molecule has 0 atom stereocenters. The van der Waals surface area contributed by atoms with Gasteiger partial charge in [0.25, 0.3) is 0 Å². The minimum atomic E-state index is 0.355. The van der Waals surface area contributed by atoms with Crippen molar-refractivity contribution in [2.75, 3.05) is 25.4 Å². The van der Waals surface area contributed by atoms with E-state index in [4.69, 9.17) is 9.73 Å². The van der Waals surface area contributed by atoms with Crippen molar-refractivity contribution in [1.29, 1.82) is 0 Å². The van der Waals surface area contributed by atoms with E-state index in [2.05, 4.69) is 19.2 Å². The molecule has 0 bridgehead atoms. The van der Waals surface area contributed by atoms with Gasteiger partial charge in [0.1, 0.15) is 0 Å². The van der Waals surface area contributed by atoms with Crippen molar-refractivity contribution in [3.8, 4) is 0 Å². The highest BCUT2D eigenvalue weighted by Crippen LogP contribution is 2.43. The maximum Gasteiger partial charge on any atom is 0.156 e. The van der Waals surface area contributed by atoms with Crippen LogP contribution in [0.1, 0.15) is 52.4 Å². The number of unbranched alkanes of at least 4 members (excludes halogenated alkanes) is 1. The van der Waals surface area contributed by atoms with Gasteiger partial charge >= 0.3 is 0 Å². The van der Waals surface area contributed by atoms with Gasteiger partial charge in [0, 0.05) is 25.4 Å². The first-order valence-corrected chi connectivity index (χ1v) is 8.72. The normalized spacial score (nSPS) is 21.9. The molecule has 0 radical (unpaired) electrons. The van der Waals surface area contributed by atoms with E-state index in [0.29, 0.717) is 11.5 Å². The maximum absolute atomic E-state index is 5.53. The molecule has 1 aliphatic heterocycles. The molecule has 3 nitrogen and oxygen atoms in total. The van der Waals surface area contributed by atoms with Crippen LogP contribution in [-0.2, 0) is 4.74 Å². The molecule has 1 fully saturated rings. The Kier molecular flexibility index (Phi) is 6.02. The average Bonchev–Trinajstić information content (AvgIpc) is 2.84. The summed E-state index contributed by atoms with van der Waals surface area (Å²) in [6, 6.07) is 0. The van der Waals surface area contributed by atoms with Crippen LogP contribution in [0.15, 0.2) is 4.99 Å². The topological polar surface area (TPSA) is 33.6 Å². The van der Waals surface area contributed by atoms with Crippen LogP contribution in [-0.4, -0.2) is 36.7 Å². The van der Waals surface area contributed by atoms with E-state index in [0.717, 1.165) is 32.5 Å². The molecule has 0 amide bonds. The van der Waals surface area contributed by atoms with Gasteiger partial charge in [0.05, 0.1) is 6.10 Å². The molecule has 0 aromatic carbocycles. The molecule has 1 N–H and O–H groups in total. The lowest BCUT2D eigenvalue weighted by Crippen LogP contribution is -2.33. The van der Waals surface area contributed by atoms with E-state index in [1.54, 1.807) is 0 Å². The molecule has 0 aromatic heterocycles. The molecule has 19 heavy (non-hydrogen) atoms. The van der Waals surface area contributed by atoms with Crippen molar-refractivity contribution in [2.45, 2.75) is 58.5 Å². The molecule has 4 heteroatoms. The van der Waals surface area contributed by atoms with Crippen molar-refractivity contribution in [1.82, 2.24) is 5.32 Å². The number of thioether (sulfide) groups is 1. The van der Waals surface area contributed by atoms with Gasteiger partial charge in [-0.15, -0.1) is 0 Å². The lowest BCUT2D eigenvalue weighted by atomic mass is 9.89. The zero-order valence-corrected chi connectivity index (χ0v) is 13.2. The summed E-state index contributed by atoms with van der Waals surface area (Å²) in [4.78, 5) is 4.75. The summed E-state index contributed by atoms with van der Waals surface area (Å²) in [6.45, 7) is 7.14. The minimum Gasteiger partial charge on any atom is -0.379 e. The number of hydrogen-bond donors (Lipinski definition) is 1. The second kappa shape index (κ2) is 7.53. The third-order valence-electron chi connectivity index (χ3n) is 4.04. The molecule has 1 heterocycles. The first-order valence-electron chi connectivity index (χ1n) is 7.73. The summed E-state index contributed by atoms with van der Waals surface area (Å²) >= 11 is 1.94. The Bertz CT molecular complexity index is 299. The van der Waals surface area contributed by atoms with Crippen molar-refractivity contribution in [2.24, 2.45) is 10.4 Å². The molecule has 0 saturated heterocycles. The maximum atomic E-state index is 5.53. The van der Waals surface area contributed by atoms with Gasteiger partial charge in [-0.2, -0.15) is 0 Å². The van der Waals surface area contributed by atoms with E-state index in [-0.39, 0.29) is 0 Å². The van der Waals surface area contributed by atoms with Crippen LogP contribution in [0.2, 0.25) is 0 Å². The Balaban J connectivity index is 1.56. The lowest BCUT2D eigenvalue weighted by molar-refractivity contribution is 0.0762. The molecular weight excluding hydrogens is 256 g/mol. The third-order valence-corrected chi connectivity index (χ3v) is 5.34. The Morgan fingerprint density at radius 2 is 2.11 bits per heavy atom. The molecule has 1 aliphatic carbocycles. The number of aliphatic imine (C=N–C) groups is 1. The van der Waals surface area contributed by atoms with E-state index in [1.165, 1.54) is 36.6 Å². The number of nitrogens with zero attached hydrogens (tertiary/aromatic N) is 1. The van der Waals surface area contributed by atoms with Crippen LogP contribution in [0.4, 0.5) is 0 Å². The van der Waals surface area contributed by atoms with Crippen LogP contribution >= 0.6 is 11.8 Å². The minimum absolute atomic E-state index is 0.355. The van der Waals surface area contributed by atoms with Crippen LogP contribution in [0, 0.1) is 5.41 Å². The van der Waals surface area contributed by atoms with E-state index in [1.807, 2.05) is 11.8 Å². The molecule has 1 saturated carbocycles. The predicted molar refractivity (Wildman–Crippen MR) is 84.0 cm³/mol. The van der Waals surface area contributed by atoms with Crippen LogP contribution in [0.5, 0.6) is 0 Å². The summed E-state index contributed by atoms with van der Waals surface area (Å²) in [5.41, 5.74) is 0.556. The van der Waals surface area contributed by atoms with Crippen LogP contribution in [0.25, 0.3) is 0 Å². The van der Waals surface area contributed by atoms with Gasteiger partial charge in [0.15, 0.2) is 5.17 Å². The number of hydrogen-bond acceptors (Lipinski definition) is 4. The zero-order chi connectivity index (χ0) is 13.6. The van der Waals surface area contributed by atoms with Gasteiger partial charge < -0.3 is 10.1 Å². The highest BCUT2D eigenvalue weighted by atomic mass is 32.2. The smallest absolute Gasteiger partial charge is 0.156 e. The summed E-state index contributed by atoms with van der Waals surface area (Å²) in [5, 5.41) is 4.64. The molecule has 1 spiro atoms.